The second-order valence-electron chi connectivity index (χ2n) is 5.49. The molecule has 0 fully saturated rings. The number of nitro groups is 1. The quantitative estimate of drug-likeness (QED) is 0.335. The fourth-order valence-corrected chi connectivity index (χ4v) is 2.87. The maximum absolute atomic E-state index is 12.2. The van der Waals surface area contributed by atoms with Gasteiger partial charge in [-0.1, -0.05) is 0 Å². The van der Waals surface area contributed by atoms with Crippen molar-refractivity contribution >= 4 is 40.7 Å². The van der Waals surface area contributed by atoms with Crippen molar-refractivity contribution in [3.8, 4) is 5.75 Å². The number of benzene rings is 1. The summed E-state index contributed by atoms with van der Waals surface area (Å²) in [5, 5.41) is 13.5. The van der Waals surface area contributed by atoms with Gasteiger partial charge in [0.25, 0.3) is 11.6 Å². The Morgan fingerprint density at radius 2 is 2.04 bits per heavy atom. The van der Waals surface area contributed by atoms with Gasteiger partial charge >= 0.3 is 5.97 Å². The molecule has 0 spiro atoms. The number of esters is 1. The molecule has 1 aromatic carbocycles. The van der Waals surface area contributed by atoms with E-state index in [1.54, 1.807) is 6.08 Å². The average Bonchev–Trinajstić information content (AvgIpc) is 3.05. The lowest BCUT2D eigenvalue weighted by molar-refractivity contribution is -0.384. The van der Waals surface area contributed by atoms with Crippen molar-refractivity contribution in [2.75, 3.05) is 12.4 Å². The van der Waals surface area contributed by atoms with Crippen LogP contribution < -0.4 is 10.1 Å². The van der Waals surface area contributed by atoms with Crippen LogP contribution in [0, 0.1) is 17.0 Å². The Hall–Kier alpha value is -3.20. The predicted molar refractivity (Wildman–Crippen MR) is 102 cm³/mol. The lowest BCUT2D eigenvalue weighted by atomic mass is 10.2. The van der Waals surface area contributed by atoms with Crippen LogP contribution in [0.1, 0.15) is 16.7 Å². The van der Waals surface area contributed by atoms with Crippen LogP contribution in [0.2, 0.25) is 0 Å². The van der Waals surface area contributed by atoms with Gasteiger partial charge in [0.2, 0.25) is 0 Å². The van der Waals surface area contributed by atoms with E-state index in [1.807, 2.05) is 19.1 Å². The van der Waals surface area contributed by atoms with Gasteiger partial charge in [-0.3, -0.25) is 14.9 Å². The number of carbonyl (C=O) groups is 2. The number of anilines is 1. The number of nitrogens with zero attached hydrogens (tertiary/aromatic N) is 1. The van der Waals surface area contributed by atoms with Crippen molar-refractivity contribution in [1.82, 2.24) is 0 Å². The Bertz CT molecular complexity index is 890. The molecule has 8 nitrogen and oxygen atoms in total. The molecule has 0 aliphatic rings. The summed E-state index contributed by atoms with van der Waals surface area (Å²) in [6.07, 6.45) is 1.69. The smallest absolute Gasteiger partial charge is 0.331 e. The summed E-state index contributed by atoms with van der Waals surface area (Å²) >= 11 is 1.52. The number of aryl methyl sites for hydroxylation is 1. The van der Waals surface area contributed by atoms with Crippen LogP contribution in [0.25, 0.3) is 6.08 Å². The first-order valence-electron chi connectivity index (χ1n) is 7.88. The number of hydrogen-bond acceptors (Lipinski definition) is 7. The van der Waals surface area contributed by atoms with Gasteiger partial charge in [0.05, 0.1) is 18.1 Å². The van der Waals surface area contributed by atoms with Crippen molar-refractivity contribution in [2.45, 2.75) is 20.0 Å². The first-order valence-corrected chi connectivity index (χ1v) is 8.70. The Morgan fingerprint density at radius 3 is 2.63 bits per heavy atom. The third-order valence-corrected chi connectivity index (χ3v) is 4.43. The van der Waals surface area contributed by atoms with Crippen molar-refractivity contribution in [1.29, 1.82) is 0 Å². The van der Waals surface area contributed by atoms with E-state index in [4.69, 9.17) is 9.47 Å². The summed E-state index contributed by atoms with van der Waals surface area (Å²) in [6, 6.07) is 7.81. The molecule has 1 atom stereocenters. The van der Waals surface area contributed by atoms with Gasteiger partial charge in [0.15, 0.2) is 6.10 Å². The monoisotopic (exact) mass is 390 g/mol. The summed E-state index contributed by atoms with van der Waals surface area (Å²) in [5.74, 6) is -1.09. The highest BCUT2D eigenvalue weighted by molar-refractivity contribution is 7.12. The fourth-order valence-electron chi connectivity index (χ4n) is 2.09. The topological polar surface area (TPSA) is 108 Å². The maximum atomic E-state index is 12.2. The predicted octanol–water partition coefficient (Wildman–Crippen LogP) is 3.56. The molecule has 142 valence electrons. The summed E-state index contributed by atoms with van der Waals surface area (Å²) in [6.45, 7) is 3.33. The van der Waals surface area contributed by atoms with Gasteiger partial charge in [-0.2, -0.15) is 0 Å². The molecule has 0 unspecified atom stereocenters. The van der Waals surface area contributed by atoms with E-state index in [9.17, 15) is 19.7 Å². The Balaban J connectivity index is 2.00. The van der Waals surface area contributed by atoms with Crippen LogP contribution in [0.15, 0.2) is 36.4 Å². The molecule has 0 aliphatic carbocycles. The number of rotatable bonds is 7. The van der Waals surface area contributed by atoms with Gasteiger partial charge in [-0.05, 0) is 44.2 Å². The Labute approximate surface area is 159 Å². The standard InChI is InChI=1S/C18H18N2O6S/c1-11-4-6-14(27-11)7-9-17(21)26-12(2)18(22)19-15-8-5-13(25-3)10-16(15)20(23)24/h4-10,12H,1-3H3,(H,19,22)/b9-7+/t12-/m0/s1. The highest BCUT2D eigenvalue weighted by atomic mass is 32.1. The lowest BCUT2D eigenvalue weighted by Gasteiger charge is -2.13. The summed E-state index contributed by atoms with van der Waals surface area (Å²) in [7, 11) is 1.38. The maximum Gasteiger partial charge on any atom is 0.331 e. The number of amides is 1. The first kappa shape index (κ1) is 20.1. The minimum atomic E-state index is -1.13. The van der Waals surface area contributed by atoms with E-state index >= 15 is 0 Å². The number of thiophene rings is 1. The van der Waals surface area contributed by atoms with Gasteiger partial charge in [-0.15, -0.1) is 11.3 Å². The largest absolute Gasteiger partial charge is 0.496 e. The molecule has 2 aromatic rings. The molecule has 1 aromatic heterocycles. The second kappa shape index (κ2) is 8.95. The second-order valence-corrected chi connectivity index (χ2v) is 6.81. The highest BCUT2D eigenvalue weighted by Gasteiger charge is 2.22. The van der Waals surface area contributed by atoms with E-state index < -0.39 is 22.9 Å². The van der Waals surface area contributed by atoms with Crippen LogP contribution in [0.4, 0.5) is 11.4 Å². The van der Waals surface area contributed by atoms with E-state index in [0.29, 0.717) is 0 Å². The van der Waals surface area contributed by atoms with Crippen molar-refractivity contribution in [3.63, 3.8) is 0 Å². The minimum Gasteiger partial charge on any atom is -0.496 e. The van der Waals surface area contributed by atoms with Gasteiger partial charge in [0, 0.05) is 15.8 Å². The number of hydrogen-bond donors (Lipinski definition) is 1. The minimum absolute atomic E-state index is 0.0155. The third-order valence-electron chi connectivity index (χ3n) is 3.47. The SMILES string of the molecule is COc1ccc(NC(=O)[C@H](C)OC(=O)/C=C/c2ccc(C)s2)c([N+](=O)[O-])c1. The molecular weight excluding hydrogens is 372 g/mol. The molecule has 0 saturated carbocycles. The summed E-state index contributed by atoms with van der Waals surface area (Å²) in [5.41, 5.74) is -0.340. The fraction of sp³-hybridized carbons (Fsp3) is 0.222. The van der Waals surface area contributed by atoms with Gasteiger partial charge < -0.3 is 14.8 Å². The van der Waals surface area contributed by atoms with Crippen LogP contribution in [-0.2, 0) is 14.3 Å². The van der Waals surface area contributed by atoms with Crippen molar-refractivity contribution in [3.05, 3.63) is 56.3 Å². The third kappa shape index (κ3) is 5.65. The van der Waals surface area contributed by atoms with Gasteiger partial charge in [-0.25, -0.2) is 4.79 Å². The average molecular weight is 390 g/mol. The molecule has 1 N–H and O–H groups in total. The number of nitrogens with one attached hydrogen (secondary N) is 1. The van der Waals surface area contributed by atoms with Crippen molar-refractivity contribution in [2.24, 2.45) is 0 Å². The molecule has 0 radical (unpaired) electrons. The molecule has 2 rings (SSSR count). The van der Waals surface area contributed by atoms with Gasteiger partial charge in [0.1, 0.15) is 11.4 Å². The number of methoxy groups -OCH3 is 1. The van der Waals surface area contributed by atoms with E-state index in [2.05, 4.69) is 5.32 Å². The number of nitro benzene ring substituents is 1. The molecule has 9 heteroatoms. The molecule has 0 bridgehead atoms. The zero-order chi connectivity index (χ0) is 20.0. The molecule has 0 aliphatic heterocycles. The highest BCUT2D eigenvalue weighted by Crippen LogP contribution is 2.29. The van der Waals surface area contributed by atoms with E-state index in [-0.39, 0.29) is 17.1 Å². The first-order chi connectivity index (χ1) is 12.8. The zero-order valence-electron chi connectivity index (χ0n) is 14.9. The number of carbonyl (C=O) groups excluding carboxylic acids is 2. The van der Waals surface area contributed by atoms with Crippen LogP contribution >= 0.6 is 11.3 Å². The van der Waals surface area contributed by atoms with Crippen LogP contribution in [0.5, 0.6) is 5.75 Å². The zero-order valence-corrected chi connectivity index (χ0v) is 15.7. The van der Waals surface area contributed by atoms with Crippen molar-refractivity contribution < 1.29 is 24.0 Å². The molecule has 0 saturated heterocycles. The van der Waals surface area contributed by atoms with E-state index in [1.165, 1.54) is 49.6 Å². The molecule has 27 heavy (non-hydrogen) atoms. The van der Waals surface area contributed by atoms with E-state index in [0.717, 1.165) is 9.75 Å². The lowest BCUT2D eigenvalue weighted by Crippen LogP contribution is -2.29. The van der Waals surface area contributed by atoms with Crippen LogP contribution in [-0.4, -0.2) is 30.0 Å². The molecular formula is C18H18N2O6S. The molecule has 1 amide bonds. The summed E-state index contributed by atoms with van der Waals surface area (Å²) in [4.78, 5) is 36.5. The number of ether oxygens (including phenoxy) is 2. The summed E-state index contributed by atoms with van der Waals surface area (Å²) < 4.78 is 9.97. The molecule has 1 heterocycles. The normalized spacial score (nSPS) is 11.8. The Kier molecular flexibility index (Phi) is 6.67. The van der Waals surface area contributed by atoms with Crippen LogP contribution in [0.3, 0.4) is 0 Å². The Morgan fingerprint density at radius 1 is 1.30 bits per heavy atom.